The van der Waals surface area contributed by atoms with Gasteiger partial charge in [0, 0.05) is 25.1 Å². The molecule has 2 aromatic heterocycles. The molecule has 1 aliphatic carbocycles. The maximum atomic E-state index is 12.7. The SMILES string of the molecule is Cc1cc(C(F)(F)F)nn1CCNc1ncc(C#N)c(N[C@@H]2CC(O)C2(C)C)n1.[HH]. The third-order valence-electron chi connectivity index (χ3n) is 5.31. The van der Waals surface area contributed by atoms with E-state index in [0.717, 1.165) is 6.07 Å². The van der Waals surface area contributed by atoms with E-state index >= 15 is 0 Å². The number of halogens is 3. The molecular formula is C18H24F3N7O. The number of rotatable bonds is 6. The van der Waals surface area contributed by atoms with Gasteiger partial charge < -0.3 is 15.7 Å². The predicted octanol–water partition coefficient (Wildman–Crippen LogP) is 2.80. The summed E-state index contributed by atoms with van der Waals surface area (Å²) in [6.45, 7) is 5.84. The van der Waals surface area contributed by atoms with Gasteiger partial charge in [0.1, 0.15) is 17.5 Å². The summed E-state index contributed by atoms with van der Waals surface area (Å²) in [5, 5.41) is 28.8. The lowest BCUT2D eigenvalue weighted by Crippen LogP contribution is -2.57. The third kappa shape index (κ3) is 4.27. The van der Waals surface area contributed by atoms with Crippen molar-refractivity contribution in [3.05, 3.63) is 29.2 Å². The van der Waals surface area contributed by atoms with Gasteiger partial charge in [0.25, 0.3) is 0 Å². The number of hydrogen-bond donors (Lipinski definition) is 3. The van der Waals surface area contributed by atoms with Crippen molar-refractivity contribution in [3.8, 4) is 6.07 Å². The Labute approximate surface area is 167 Å². The minimum absolute atomic E-state index is 0. The molecule has 1 aliphatic rings. The van der Waals surface area contributed by atoms with Gasteiger partial charge in [-0.15, -0.1) is 0 Å². The highest BCUT2D eigenvalue weighted by Crippen LogP contribution is 2.42. The number of alkyl halides is 3. The molecule has 0 bridgehead atoms. The van der Waals surface area contributed by atoms with E-state index < -0.39 is 18.0 Å². The Kier molecular flexibility index (Phi) is 5.40. The van der Waals surface area contributed by atoms with Crippen molar-refractivity contribution >= 4 is 11.8 Å². The highest BCUT2D eigenvalue weighted by atomic mass is 19.4. The van der Waals surface area contributed by atoms with Gasteiger partial charge in [0.2, 0.25) is 5.95 Å². The minimum Gasteiger partial charge on any atom is -0.392 e. The number of hydrogen-bond acceptors (Lipinski definition) is 7. The molecule has 0 amide bonds. The monoisotopic (exact) mass is 411 g/mol. The molecule has 0 aliphatic heterocycles. The lowest BCUT2D eigenvalue weighted by molar-refractivity contribution is -0.141. The van der Waals surface area contributed by atoms with E-state index in [2.05, 4.69) is 25.7 Å². The molecule has 3 N–H and O–H groups in total. The zero-order chi connectivity index (χ0) is 21.4. The highest BCUT2D eigenvalue weighted by molar-refractivity contribution is 5.54. The fourth-order valence-electron chi connectivity index (χ4n) is 3.12. The summed E-state index contributed by atoms with van der Waals surface area (Å²) in [6, 6.07) is 2.98. The van der Waals surface area contributed by atoms with E-state index in [4.69, 9.17) is 0 Å². The molecule has 0 radical (unpaired) electrons. The normalized spacial score (nSPS) is 20.6. The number of nitrogens with one attached hydrogen (secondary N) is 2. The Bertz CT molecular complexity index is 939. The van der Waals surface area contributed by atoms with Gasteiger partial charge in [-0.2, -0.15) is 28.5 Å². The van der Waals surface area contributed by atoms with E-state index in [0.29, 0.717) is 17.9 Å². The van der Waals surface area contributed by atoms with Crippen LogP contribution in [0.1, 0.15) is 38.6 Å². The van der Waals surface area contributed by atoms with Gasteiger partial charge in [-0.1, -0.05) is 13.8 Å². The average Bonchev–Trinajstić information content (AvgIpc) is 3.03. The lowest BCUT2D eigenvalue weighted by Gasteiger charge is -2.49. The van der Waals surface area contributed by atoms with E-state index in [1.807, 2.05) is 19.9 Å². The molecule has 1 saturated carbocycles. The first-order chi connectivity index (χ1) is 13.5. The van der Waals surface area contributed by atoms with Crippen molar-refractivity contribution in [2.24, 2.45) is 5.41 Å². The predicted molar refractivity (Wildman–Crippen MR) is 101 cm³/mol. The Morgan fingerprint density at radius 2 is 2.17 bits per heavy atom. The van der Waals surface area contributed by atoms with Crippen molar-refractivity contribution < 1.29 is 19.7 Å². The average molecular weight is 411 g/mol. The third-order valence-corrected chi connectivity index (χ3v) is 5.31. The second-order valence-corrected chi connectivity index (χ2v) is 7.66. The quantitative estimate of drug-likeness (QED) is 0.670. The molecule has 3 rings (SSSR count). The van der Waals surface area contributed by atoms with Crippen LogP contribution in [0.3, 0.4) is 0 Å². The first-order valence-corrected chi connectivity index (χ1v) is 9.09. The summed E-state index contributed by atoms with van der Waals surface area (Å²) in [6.07, 6.45) is -2.99. The molecule has 2 atom stereocenters. The molecule has 29 heavy (non-hydrogen) atoms. The molecule has 1 unspecified atom stereocenters. The Morgan fingerprint density at radius 3 is 2.72 bits per heavy atom. The Hall–Kier alpha value is -2.87. The first-order valence-electron chi connectivity index (χ1n) is 9.09. The fraction of sp³-hybridized carbons (Fsp3) is 0.556. The van der Waals surface area contributed by atoms with Crippen LogP contribution < -0.4 is 10.6 Å². The summed E-state index contributed by atoms with van der Waals surface area (Å²) >= 11 is 0. The van der Waals surface area contributed by atoms with Crippen molar-refractivity contribution in [2.75, 3.05) is 17.2 Å². The maximum absolute atomic E-state index is 12.7. The van der Waals surface area contributed by atoms with Crippen molar-refractivity contribution in [1.29, 1.82) is 5.26 Å². The standard InChI is InChI=1S/C18H22F3N7O.H2/c1-10-6-13(18(19,20)21)27-28(10)5-4-23-16-24-9-11(8-22)15(26-16)25-12-7-14(29)17(12,2)3;/h6,9,12,14,29H,4-5,7H2,1-3H3,(H2,23,24,25,26);1H/t12-,14?;/m1./s1. The first kappa shape index (κ1) is 20.9. The number of aryl methyl sites for hydroxylation is 1. The Morgan fingerprint density at radius 1 is 1.45 bits per heavy atom. The number of aliphatic hydroxyl groups is 1. The van der Waals surface area contributed by atoms with Gasteiger partial charge in [0.15, 0.2) is 5.69 Å². The number of nitriles is 1. The minimum atomic E-state index is -4.48. The van der Waals surface area contributed by atoms with E-state index in [1.165, 1.54) is 10.9 Å². The molecule has 8 nitrogen and oxygen atoms in total. The summed E-state index contributed by atoms with van der Waals surface area (Å²) in [7, 11) is 0. The zero-order valence-corrected chi connectivity index (χ0v) is 16.2. The number of nitrogens with zero attached hydrogens (tertiary/aromatic N) is 5. The topological polar surface area (TPSA) is 112 Å². The van der Waals surface area contributed by atoms with Crippen LogP contribution in [0.4, 0.5) is 24.9 Å². The van der Waals surface area contributed by atoms with Gasteiger partial charge in [0.05, 0.1) is 18.8 Å². The van der Waals surface area contributed by atoms with Crippen LogP contribution in [0.5, 0.6) is 0 Å². The molecule has 0 saturated heterocycles. The molecule has 11 heteroatoms. The van der Waals surface area contributed by atoms with E-state index in [-0.39, 0.29) is 37.5 Å². The zero-order valence-electron chi connectivity index (χ0n) is 16.2. The maximum Gasteiger partial charge on any atom is 0.435 e. The van der Waals surface area contributed by atoms with Gasteiger partial charge in [-0.05, 0) is 19.4 Å². The van der Waals surface area contributed by atoms with Crippen LogP contribution in [0, 0.1) is 23.7 Å². The number of aliphatic hydroxyl groups excluding tert-OH is 1. The second kappa shape index (κ2) is 7.51. The molecule has 2 aromatic rings. The molecule has 0 spiro atoms. The van der Waals surface area contributed by atoms with Crippen LogP contribution in [0.25, 0.3) is 0 Å². The lowest BCUT2D eigenvalue weighted by atomic mass is 9.64. The molecule has 1 fully saturated rings. The largest absolute Gasteiger partial charge is 0.435 e. The van der Waals surface area contributed by atoms with Crippen LogP contribution in [-0.4, -0.2) is 43.5 Å². The van der Waals surface area contributed by atoms with Crippen molar-refractivity contribution in [3.63, 3.8) is 0 Å². The summed E-state index contributed by atoms with van der Waals surface area (Å²) < 4.78 is 39.5. The second-order valence-electron chi connectivity index (χ2n) is 7.66. The number of aromatic nitrogens is 4. The van der Waals surface area contributed by atoms with Crippen molar-refractivity contribution in [1.82, 2.24) is 19.7 Å². The van der Waals surface area contributed by atoms with Crippen LogP contribution >= 0.6 is 0 Å². The molecule has 158 valence electrons. The smallest absolute Gasteiger partial charge is 0.392 e. The summed E-state index contributed by atoms with van der Waals surface area (Å²) in [4.78, 5) is 8.37. The fourth-order valence-corrected chi connectivity index (χ4v) is 3.12. The molecule has 2 heterocycles. The highest BCUT2D eigenvalue weighted by Gasteiger charge is 2.47. The summed E-state index contributed by atoms with van der Waals surface area (Å²) in [5.74, 6) is 0.592. The van der Waals surface area contributed by atoms with E-state index in [1.54, 1.807) is 6.92 Å². The summed E-state index contributed by atoms with van der Waals surface area (Å²) in [5.41, 5.74) is -0.612. The van der Waals surface area contributed by atoms with Crippen LogP contribution in [0.2, 0.25) is 0 Å². The molecular weight excluding hydrogens is 387 g/mol. The van der Waals surface area contributed by atoms with Crippen LogP contribution in [-0.2, 0) is 12.7 Å². The van der Waals surface area contributed by atoms with Crippen LogP contribution in [0.15, 0.2) is 12.3 Å². The Balaban J connectivity index is 0.00000320. The van der Waals surface area contributed by atoms with Crippen molar-refractivity contribution in [2.45, 2.75) is 52.1 Å². The van der Waals surface area contributed by atoms with Gasteiger partial charge >= 0.3 is 6.18 Å². The molecule has 0 aromatic carbocycles. The van der Waals surface area contributed by atoms with Gasteiger partial charge in [-0.3, -0.25) is 4.68 Å². The number of anilines is 2. The van der Waals surface area contributed by atoms with Gasteiger partial charge in [-0.25, -0.2) is 4.98 Å². The van der Waals surface area contributed by atoms with E-state index in [9.17, 15) is 23.5 Å².